The molecule has 0 saturated heterocycles. The highest BCUT2D eigenvalue weighted by Crippen LogP contribution is 2.35. The minimum absolute atomic E-state index is 0.150. The van der Waals surface area contributed by atoms with E-state index in [-0.39, 0.29) is 19.0 Å². The maximum Gasteiger partial charge on any atom is 0.127 e. The second kappa shape index (κ2) is 9.88. The number of rotatable bonds is 7. The number of hydrogen-bond donors (Lipinski definition) is 3. The van der Waals surface area contributed by atoms with Crippen molar-refractivity contribution in [3.05, 3.63) is 102 Å². The second-order valence-electron chi connectivity index (χ2n) is 7.29. The van der Waals surface area contributed by atoms with E-state index < -0.39 is 0 Å². The van der Waals surface area contributed by atoms with Gasteiger partial charge in [-0.2, -0.15) is 5.26 Å². The number of aliphatic hydroxyl groups excluding tert-OH is 2. The van der Waals surface area contributed by atoms with Crippen LogP contribution in [0.3, 0.4) is 0 Å². The molecule has 0 saturated carbocycles. The third kappa shape index (κ3) is 5.13. The van der Waals surface area contributed by atoms with E-state index in [0.29, 0.717) is 39.7 Å². The van der Waals surface area contributed by atoms with Gasteiger partial charge in [0.15, 0.2) is 0 Å². The van der Waals surface area contributed by atoms with Gasteiger partial charge in [0.25, 0.3) is 0 Å². The van der Waals surface area contributed by atoms with Crippen LogP contribution in [-0.4, -0.2) is 15.3 Å². The fourth-order valence-electron chi connectivity index (χ4n) is 3.44. The van der Waals surface area contributed by atoms with Crippen molar-refractivity contribution in [2.75, 3.05) is 0 Å². The molecule has 6 heteroatoms. The molecule has 4 rings (SSSR count). The van der Waals surface area contributed by atoms with Crippen LogP contribution in [0.5, 0.6) is 28.7 Å². The van der Waals surface area contributed by atoms with E-state index in [1.165, 1.54) is 12.1 Å². The van der Waals surface area contributed by atoms with Gasteiger partial charge in [-0.3, -0.25) is 0 Å². The maximum absolute atomic E-state index is 9.97. The first kappa shape index (κ1) is 21.9. The van der Waals surface area contributed by atoms with Gasteiger partial charge in [-0.15, -0.1) is 0 Å². The van der Waals surface area contributed by atoms with Gasteiger partial charge in [0.05, 0.1) is 24.8 Å². The van der Waals surface area contributed by atoms with Crippen LogP contribution in [0.2, 0.25) is 0 Å². The molecule has 0 atom stereocenters. The lowest BCUT2D eigenvalue weighted by molar-refractivity contribution is 0.280. The summed E-state index contributed by atoms with van der Waals surface area (Å²) < 4.78 is 11.7. The summed E-state index contributed by atoms with van der Waals surface area (Å²) in [7, 11) is 0. The highest BCUT2D eigenvalue weighted by atomic mass is 16.5. The number of benzene rings is 4. The Kier molecular flexibility index (Phi) is 6.56. The van der Waals surface area contributed by atoms with Crippen molar-refractivity contribution >= 4 is 0 Å². The summed E-state index contributed by atoms with van der Waals surface area (Å²) in [5, 5.41) is 38.3. The first-order valence-corrected chi connectivity index (χ1v) is 10.2. The number of aromatic hydroxyl groups is 1. The van der Waals surface area contributed by atoms with Gasteiger partial charge in [0, 0.05) is 0 Å². The van der Waals surface area contributed by atoms with Gasteiger partial charge in [-0.25, -0.2) is 0 Å². The third-order valence-electron chi connectivity index (χ3n) is 5.08. The first-order chi connectivity index (χ1) is 16.1. The Morgan fingerprint density at radius 2 is 1.03 bits per heavy atom. The molecule has 164 valence electrons. The Morgan fingerprint density at radius 3 is 1.45 bits per heavy atom. The van der Waals surface area contributed by atoms with E-state index in [0.717, 1.165) is 11.1 Å². The van der Waals surface area contributed by atoms with Gasteiger partial charge in [0.2, 0.25) is 0 Å². The number of nitrogens with zero attached hydrogens (tertiary/aromatic N) is 1. The summed E-state index contributed by atoms with van der Waals surface area (Å²) in [6, 6.07) is 25.9. The SMILES string of the molecule is N#Cc1ccc(Oc2ccc(-c3ccc(Oc4ccc(O)cc4)cc3CO)c(CO)c2)cc1. The summed E-state index contributed by atoms with van der Waals surface area (Å²) >= 11 is 0. The average Bonchev–Trinajstić information content (AvgIpc) is 2.86. The van der Waals surface area contributed by atoms with E-state index in [1.807, 2.05) is 12.1 Å². The monoisotopic (exact) mass is 439 g/mol. The molecule has 0 aliphatic rings. The molecule has 0 aliphatic carbocycles. The summed E-state index contributed by atoms with van der Waals surface area (Å²) in [6.45, 7) is -0.424. The molecule has 0 fully saturated rings. The molecule has 33 heavy (non-hydrogen) atoms. The van der Waals surface area contributed by atoms with E-state index in [9.17, 15) is 15.3 Å². The van der Waals surface area contributed by atoms with Crippen molar-refractivity contribution in [2.24, 2.45) is 0 Å². The van der Waals surface area contributed by atoms with Crippen LogP contribution in [0.4, 0.5) is 0 Å². The van der Waals surface area contributed by atoms with Gasteiger partial charge in [-0.05, 0) is 95.1 Å². The number of ether oxygens (including phenoxy) is 2. The number of aliphatic hydroxyl groups is 2. The Labute approximate surface area is 191 Å². The number of hydrogen-bond acceptors (Lipinski definition) is 6. The van der Waals surface area contributed by atoms with E-state index in [2.05, 4.69) is 6.07 Å². The van der Waals surface area contributed by atoms with Crippen LogP contribution in [0.15, 0.2) is 84.9 Å². The molecule has 0 unspecified atom stereocenters. The fraction of sp³-hybridized carbons (Fsp3) is 0.0741. The van der Waals surface area contributed by atoms with Crippen LogP contribution in [-0.2, 0) is 13.2 Å². The van der Waals surface area contributed by atoms with Crippen LogP contribution in [0, 0.1) is 11.3 Å². The highest BCUT2D eigenvalue weighted by Gasteiger charge is 2.13. The normalized spacial score (nSPS) is 10.5. The summed E-state index contributed by atoms with van der Waals surface area (Å²) in [6.07, 6.45) is 0. The Balaban J connectivity index is 1.60. The number of nitriles is 1. The smallest absolute Gasteiger partial charge is 0.127 e. The van der Waals surface area contributed by atoms with E-state index >= 15 is 0 Å². The maximum atomic E-state index is 9.97. The lowest BCUT2D eigenvalue weighted by Gasteiger charge is -2.15. The summed E-state index contributed by atoms with van der Waals surface area (Å²) in [5.41, 5.74) is 3.36. The molecule has 0 heterocycles. The fourth-order valence-corrected chi connectivity index (χ4v) is 3.44. The van der Waals surface area contributed by atoms with E-state index in [4.69, 9.17) is 14.7 Å². The quantitative estimate of drug-likeness (QED) is 0.351. The predicted molar refractivity (Wildman–Crippen MR) is 123 cm³/mol. The molecule has 0 aromatic heterocycles. The molecular weight excluding hydrogens is 418 g/mol. The molecule has 4 aromatic rings. The molecule has 0 aliphatic heterocycles. The second-order valence-corrected chi connectivity index (χ2v) is 7.29. The van der Waals surface area contributed by atoms with Crippen LogP contribution in [0.25, 0.3) is 11.1 Å². The zero-order valence-corrected chi connectivity index (χ0v) is 17.6. The van der Waals surface area contributed by atoms with Crippen LogP contribution >= 0.6 is 0 Å². The minimum atomic E-state index is -0.212. The summed E-state index contributed by atoms with van der Waals surface area (Å²) in [5.74, 6) is 2.38. The standard InChI is InChI=1S/C27H21NO5/c28-15-18-1-5-22(6-2-18)32-24-9-11-26(19(13-24)16-29)27-12-10-25(14-20(27)17-30)33-23-7-3-21(31)4-8-23/h1-14,29-31H,16-17H2. The average molecular weight is 439 g/mol. The molecule has 0 bridgehead atoms. The van der Waals surface area contributed by atoms with Crippen molar-refractivity contribution in [1.29, 1.82) is 5.26 Å². The molecule has 3 N–H and O–H groups in total. The minimum Gasteiger partial charge on any atom is -0.508 e. The first-order valence-electron chi connectivity index (χ1n) is 10.2. The van der Waals surface area contributed by atoms with Crippen molar-refractivity contribution in [2.45, 2.75) is 13.2 Å². The lowest BCUT2D eigenvalue weighted by Crippen LogP contribution is -1.96. The zero-order valence-electron chi connectivity index (χ0n) is 17.6. The molecular formula is C27H21NO5. The number of phenols is 1. The molecule has 0 amide bonds. The molecule has 6 nitrogen and oxygen atoms in total. The molecule has 0 spiro atoms. The van der Waals surface area contributed by atoms with Crippen molar-refractivity contribution in [1.82, 2.24) is 0 Å². The van der Waals surface area contributed by atoms with Gasteiger partial charge < -0.3 is 24.8 Å². The zero-order chi connectivity index (χ0) is 23.2. The van der Waals surface area contributed by atoms with Crippen LogP contribution in [0.1, 0.15) is 16.7 Å². The molecule has 4 aromatic carbocycles. The van der Waals surface area contributed by atoms with Crippen molar-refractivity contribution < 1.29 is 24.8 Å². The van der Waals surface area contributed by atoms with Crippen molar-refractivity contribution in [3.63, 3.8) is 0 Å². The Bertz CT molecular complexity index is 1290. The third-order valence-corrected chi connectivity index (χ3v) is 5.08. The predicted octanol–water partition coefficient (Wildman–Crippen LogP) is 5.50. The lowest BCUT2D eigenvalue weighted by atomic mass is 9.95. The highest BCUT2D eigenvalue weighted by molar-refractivity contribution is 5.72. The summed E-state index contributed by atoms with van der Waals surface area (Å²) in [4.78, 5) is 0. The largest absolute Gasteiger partial charge is 0.508 e. The molecule has 0 radical (unpaired) electrons. The van der Waals surface area contributed by atoms with Crippen LogP contribution < -0.4 is 9.47 Å². The van der Waals surface area contributed by atoms with Gasteiger partial charge in [0.1, 0.15) is 28.7 Å². The van der Waals surface area contributed by atoms with Gasteiger partial charge in [-0.1, -0.05) is 12.1 Å². The Hall–Kier alpha value is -4.31. The number of phenolic OH excluding ortho intramolecular Hbond substituents is 1. The topological polar surface area (TPSA) is 103 Å². The Morgan fingerprint density at radius 1 is 0.606 bits per heavy atom. The van der Waals surface area contributed by atoms with Gasteiger partial charge >= 0.3 is 0 Å². The van der Waals surface area contributed by atoms with E-state index in [1.54, 1.807) is 60.7 Å². The van der Waals surface area contributed by atoms with Crippen molar-refractivity contribution in [3.8, 4) is 45.9 Å².